The first-order chi connectivity index (χ1) is 20.8. The summed E-state index contributed by atoms with van der Waals surface area (Å²) < 4.78 is 18.8. The van der Waals surface area contributed by atoms with E-state index in [1.807, 2.05) is 6.92 Å². The molecular formula is C31H44N6O7. The lowest BCUT2D eigenvalue weighted by molar-refractivity contribution is -0.163. The molecule has 2 aromatic heterocycles. The van der Waals surface area contributed by atoms with E-state index in [4.69, 9.17) is 19.9 Å². The van der Waals surface area contributed by atoms with E-state index in [2.05, 4.69) is 21.5 Å². The number of aliphatic hydroxyl groups is 1. The summed E-state index contributed by atoms with van der Waals surface area (Å²) in [6.45, 7) is 8.65. The van der Waals surface area contributed by atoms with E-state index >= 15 is 0 Å². The molecule has 2 fully saturated rings. The van der Waals surface area contributed by atoms with Crippen molar-refractivity contribution in [2.24, 2.45) is 23.0 Å². The van der Waals surface area contributed by atoms with Crippen LogP contribution in [0.5, 0.6) is 0 Å². The second kappa shape index (κ2) is 13.6. The molecule has 4 N–H and O–H groups in total. The van der Waals surface area contributed by atoms with Crippen molar-refractivity contribution >= 4 is 29.2 Å². The molecule has 1 amide bonds. The Morgan fingerprint density at radius 1 is 1.27 bits per heavy atom. The Labute approximate surface area is 257 Å². The number of amides is 1. The molecule has 4 rings (SSSR count). The van der Waals surface area contributed by atoms with Gasteiger partial charge in [0.25, 0.3) is 0 Å². The summed E-state index contributed by atoms with van der Waals surface area (Å²) in [6.07, 6.45) is 3.02. The Kier molecular flexibility index (Phi) is 10.3. The molecule has 0 unspecified atom stereocenters. The smallest absolute Gasteiger partial charge is 0.323 e. The SMILES string of the molecule is CC[C@@H](C)C(=O)Nc1ncnn2c([C@]3(C#N)O[C@H](COC(=O)CC4CCCCC4)[C@@H](OC(=O)[C@H](N)C(C)(C)C)[C@H]3O)ccc12. The zero-order valence-corrected chi connectivity index (χ0v) is 26.1. The molecule has 0 spiro atoms. The van der Waals surface area contributed by atoms with Crippen LogP contribution in [0, 0.1) is 28.6 Å². The van der Waals surface area contributed by atoms with Gasteiger partial charge in [0.15, 0.2) is 11.9 Å². The van der Waals surface area contributed by atoms with Crippen LogP contribution in [0.15, 0.2) is 18.5 Å². The van der Waals surface area contributed by atoms with Crippen LogP contribution in [0.1, 0.15) is 85.3 Å². The van der Waals surface area contributed by atoms with E-state index in [1.54, 1.807) is 33.8 Å². The van der Waals surface area contributed by atoms with Gasteiger partial charge >= 0.3 is 11.9 Å². The van der Waals surface area contributed by atoms with E-state index in [-0.39, 0.29) is 42.3 Å². The molecule has 13 nitrogen and oxygen atoms in total. The molecule has 0 radical (unpaired) electrons. The second-order valence-corrected chi connectivity index (χ2v) is 13.0. The molecule has 1 saturated heterocycles. The molecule has 2 aromatic rings. The highest BCUT2D eigenvalue weighted by Gasteiger charge is 2.60. The summed E-state index contributed by atoms with van der Waals surface area (Å²) in [5, 5.41) is 29.2. The van der Waals surface area contributed by atoms with Gasteiger partial charge in [0, 0.05) is 12.3 Å². The van der Waals surface area contributed by atoms with E-state index in [0.29, 0.717) is 11.9 Å². The summed E-state index contributed by atoms with van der Waals surface area (Å²) in [6, 6.07) is 4.12. The highest BCUT2D eigenvalue weighted by atomic mass is 16.6. The summed E-state index contributed by atoms with van der Waals surface area (Å²) in [5.74, 6) is -1.27. The van der Waals surface area contributed by atoms with Gasteiger partial charge in [-0.25, -0.2) is 9.50 Å². The molecule has 1 aliphatic carbocycles. The summed E-state index contributed by atoms with van der Waals surface area (Å²) in [7, 11) is 0. The normalized spacial score (nSPS) is 25.6. The maximum Gasteiger partial charge on any atom is 0.323 e. The third-order valence-electron chi connectivity index (χ3n) is 8.76. The molecule has 13 heteroatoms. The van der Waals surface area contributed by atoms with Gasteiger partial charge in [-0.1, -0.05) is 53.9 Å². The van der Waals surface area contributed by atoms with E-state index in [0.717, 1.165) is 32.1 Å². The number of nitrogens with one attached hydrogen (secondary N) is 1. The number of aromatic nitrogens is 3. The van der Waals surface area contributed by atoms with Crippen molar-refractivity contribution in [1.82, 2.24) is 14.6 Å². The number of nitriles is 1. The van der Waals surface area contributed by atoms with Crippen LogP contribution in [-0.2, 0) is 34.2 Å². The fraction of sp³-hybridized carbons (Fsp3) is 0.677. The molecule has 1 saturated carbocycles. The number of rotatable bonds is 10. The van der Waals surface area contributed by atoms with Crippen molar-refractivity contribution in [3.63, 3.8) is 0 Å². The lowest BCUT2D eigenvalue weighted by Gasteiger charge is -2.29. The minimum atomic E-state index is -2.09. The summed E-state index contributed by atoms with van der Waals surface area (Å²) >= 11 is 0. The molecular weight excluding hydrogens is 568 g/mol. The fourth-order valence-corrected chi connectivity index (χ4v) is 5.60. The van der Waals surface area contributed by atoms with Gasteiger partial charge in [-0.2, -0.15) is 10.4 Å². The molecule has 44 heavy (non-hydrogen) atoms. The van der Waals surface area contributed by atoms with Crippen molar-refractivity contribution in [1.29, 1.82) is 5.26 Å². The Morgan fingerprint density at radius 2 is 1.98 bits per heavy atom. The lowest BCUT2D eigenvalue weighted by atomic mass is 9.87. The number of carbonyl (C=O) groups is 3. The van der Waals surface area contributed by atoms with Crippen molar-refractivity contribution in [3.05, 3.63) is 24.2 Å². The second-order valence-electron chi connectivity index (χ2n) is 13.0. The zero-order chi connectivity index (χ0) is 32.2. The molecule has 3 heterocycles. The van der Waals surface area contributed by atoms with Gasteiger partial charge < -0.3 is 30.4 Å². The highest BCUT2D eigenvalue weighted by Crippen LogP contribution is 2.42. The summed E-state index contributed by atoms with van der Waals surface area (Å²) in [5.41, 5.74) is 3.87. The first-order valence-electron chi connectivity index (χ1n) is 15.3. The number of fused-ring (bicyclic) bond motifs is 1. The first-order valence-corrected chi connectivity index (χ1v) is 15.3. The van der Waals surface area contributed by atoms with E-state index in [9.17, 15) is 24.8 Å². The molecule has 0 bridgehead atoms. The molecule has 1 aliphatic heterocycles. The number of hydrogen-bond donors (Lipinski definition) is 3. The highest BCUT2D eigenvalue weighted by molar-refractivity contribution is 5.94. The maximum atomic E-state index is 13.1. The van der Waals surface area contributed by atoms with Crippen LogP contribution in [0.25, 0.3) is 5.52 Å². The Hall–Kier alpha value is -3.60. The number of nitrogens with zero attached hydrogens (tertiary/aromatic N) is 4. The quantitative estimate of drug-likeness (QED) is 0.334. The van der Waals surface area contributed by atoms with Crippen molar-refractivity contribution in [2.75, 3.05) is 11.9 Å². The van der Waals surface area contributed by atoms with Gasteiger partial charge in [0.2, 0.25) is 11.5 Å². The number of anilines is 1. The van der Waals surface area contributed by atoms with Crippen molar-refractivity contribution < 1.29 is 33.7 Å². The van der Waals surface area contributed by atoms with Crippen LogP contribution in [-0.4, -0.2) is 68.5 Å². The standard InChI is InChI=1S/C31H44N6O7/c1-6-18(2)28(40)36-27-20-12-13-22(37(20)35-17-34-27)31(16-32)26(39)24(43-29(41)25(33)30(3,4)5)21(44-31)15-42-23(38)14-19-10-8-7-9-11-19/h12-13,17-19,21,24-26,39H,6-11,14-15,33H2,1-5H3,(H,34,35,36,40)/t18-,21-,24-,25+,26-,31+/m1/s1. The Morgan fingerprint density at radius 3 is 2.61 bits per heavy atom. The van der Waals surface area contributed by atoms with Crippen LogP contribution in [0.2, 0.25) is 0 Å². The summed E-state index contributed by atoms with van der Waals surface area (Å²) in [4.78, 5) is 42.6. The van der Waals surface area contributed by atoms with Crippen LogP contribution < -0.4 is 11.1 Å². The number of hydrogen-bond acceptors (Lipinski definition) is 11. The van der Waals surface area contributed by atoms with E-state index < -0.39 is 47.3 Å². The fourth-order valence-electron chi connectivity index (χ4n) is 5.60. The molecule has 6 atom stereocenters. The number of carbonyl (C=O) groups excluding carboxylic acids is 3. The monoisotopic (exact) mass is 612 g/mol. The average molecular weight is 613 g/mol. The lowest BCUT2D eigenvalue weighted by Crippen LogP contribution is -2.49. The third kappa shape index (κ3) is 6.87. The van der Waals surface area contributed by atoms with Gasteiger partial charge in [-0.15, -0.1) is 0 Å². The molecule has 240 valence electrons. The predicted molar refractivity (Wildman–Crippen MR) is 159 cm³/mol. The zero-order valence-electron chi connectivity index (χ0n) is 26.1. The van der Waals surface area contributed by atoms with Gasteiger partial charge in [0.05, 0.1) is 5.69 Å². The van der Waals surface area contributed by atoms with Gasteiger partial charge in [-0.3, -0.25) is 14.4 Å². The minimum absolute atomic E-state index is 0.112. The first kappa shape index (κ1) is 33.3. The maximum absolute atomic E-state index is 13.1. The van der Waals surface area contributed by atoms with Crippen LogP contribution in [0.3, 0.4) is 0 Å². The number of esters is 2. The molecule has 2 aliphatic rings. The minimum Gasteiger partial charge on any atom is -0.463 e. The Bertz CT molecular complexity index is 1390. The number of ether oxygens (including phenoxy) is 3. The number of aliphatic hydroxyl groups excluding tert-OH is 1. The third-order valence-corrected chi connectivity index (χ3v) is 8.76. The van der Waals surface area contributed by atoms with Gasteiger partial charge in [0.1, 0.15) is 42.8 Å². The molecule has 0 aromatic carbocycles. The number of nitrogens with two attached hydrogens (primary N) is 1. The van der Waals surface area contributed by atoms with Crippen molar-refractivity contribution in [3.8, 4) is 6.07 Å². The van der Waals surface area contributed by atoms with Crippen molar-refractivity contribution in [2.45, 2.75) is 110 Å². The predicted octanol–water partition coefficient (Wildman–Crippen LogP) is 2.99. The van der Waals surface area contributed by atoms with Gasteiger partial charge in [-0.05, 0) is 42.7 Å². The van der Waals surface area contributed by atoms with E-state index in [1.165, 1.54) is 16.9 Å². The van der Waals surface area contributed by atoms with Crippen LogP contribution >= 0.6 is 0 Å². The largest absolute Gasteiger partial charge is 0.463 e. The topological polar surface area (TPSA) is 191 Å². The average Bonchev–Trinajstić information content (AvgIpc) is 3.55. The Balaban J connectivity index is 1.64. The van der Waals surface area contributed by atoms with Crippen LogP contribution in [0.4, 0.5) is 5.82 Å².